The summed E-state index contributed by atoms with van der Waals surface area (Å²) in [5.41, 5.74) is 1.03. The van der Waals surface area contributed by atoms with Crippen molar-refractivity contribution in [3.05, 3.63) is 59.1 Å². The minimum atomic E-state index is -0.441. The van der Waals surface area contributed by atoms with Gasteiger partial charge in [-0.25, -0.2) is 4.39 Å². The number of carbonyl (C=O) groups excluding carboxylic acids is 1. The SMILES string of the molecule is CN(Cc1c(F)cccc1Cl)C(=O)CSc1nnc(-c2ccncc2)o1. The molecular formula is C17H14ClFN4O2S. The van der Waals surface area contributed by atoms with Crippen molar-refractivity contribution in [2.24, 2.45) is 0 Å². The number of rotatable bonds is 6. The molecule has 0 aliphatic heterocycles. The Hall–Kier alpha value is -2.45. The van der Waals surface area contributed by atoms with Crippen molar-refractivity contribution in [1.29, 1.82) is 0 Å². The van der Waals surface area contributed by atoms with E-state index in [0.717, 1.165) is 17.3 Å². The Morgan fingerprint density at radius 2 is 2.04 bits per heavy atom. The first-order chi connectivity index (χ1) is 12.5. The lowest BCUT2D eigenvalue weighted by Crippen LogP contribution is -2.28. The Balaban J connectivity index is 1.58. The fourth-order valence-electron chi connectivity index (χ4n) is 2.12. The summed E-state index contributed by atoms with van der Waals surface area (Å²) in [6.07, 6.45) is 3.25. The van der Waals surface area contributed by atoms with Crippen LogP contribution in [0.2, 0.25) is 5.02 Å². The van der Waals surface area contributed by atoms with Crippen molar-refractivity contribution >= 4 is 29.3 Å². The maximum atomic E-state index is 13.8. The van der Waals surface area contributed by atoms with E-state index in [4.69, 9.17) is 16.0 Å². The summed E-state index contributed by atoms with van der Waals surface area (Å²) >= 11 is 7.11. The smallest absolute Gasteiger partial charge is 0.277 e. The zero-order valence-electron chi connectivity index (χ0n) is 13.7. The van der Waals surface area contributed by atoms with Crippen molar-refractivity contribution in [3.63, 3.8) is 0 Å². The lowest BCUT2D eigenvalue weighted by molar-refractivity contribution is -0.127. The highest BCUT2D eigenvalue weighted by Gasteiger charge is 2.16. The van der Waals surface area contributed by atoms with Gasteiger partial charge in [-0.1, -0.05) is 29.4 Å². The molecule has 3 aromatic rings. The maximum Gasteiger partial charge on any atom is 0.277 e. The largest absolute Gasteiger partial charge is 0.411 e. The van der Waals surface area contributed by atoms with Crippen LogP contribution in [0.1, 0.15) is 5.56 Å². The van der Waals surface area contributed by atoms with Crippen molar-refractivity contribution in [1.82, 2.24) is 20.1 Å². The quantitative estimate of drug-likeness (QED) is 0.596. The second-order valence-electron chi connectivity index (χ2n) is 5.35. The summed E-state index contributed by atoms with van der Waals surface area (Å²) in [6, 6.07) is 7.92. The van der Waals surface area contributed by atoms with E-state index < -0.39 is 5.82 Å². The fraction of sp³-hybridized carbons (Fsp3) is 0.176. The van der Waals surface area contributed by atoms with E-state index in [2.05, 4.69) is 15.2 Å². The molecule has 134 valence electrons. The van der Waals surface area contributed by atoms with Crippen LogP contribution in [0.3, 0.4) is 0 Å². The summed E-state index contributed by atoms with van der Waals surface area (Å²) in [7, 11) is 1.59. The first-order valence-corrected chi connectivity index (χ1v) is 8.94. The molecule has 0 unspecified atom stereocenters. The van der Waals surface area contributed by atoms with Crippen LogP contribution >= 0.6 is 23.4 Å². The topological polar surface area (TPSA) is 72.1 Å². The highest BCUT2D eigenvalue weighted by molar-refractivity contribution is 7.99. The highest BCUT2D eigenvalue weighted by atomic mass is 35.5. The average Bonchev–Trinajstić information content (AvgIpc) is 3.12. The summed E-state index contributed by atoms with van der Waals surface area (Å²) in [6.45, 7) is 0.0804. The van der Waals surface area contributed by atoms with Gasteiger partial charge < -0.3 is 9.32 Å². The van der Waals surface area contributed by atoms with Gasteiger partial charge in [0.1, 0.15) is 5.82 Å². The molecule has 1 amide bonds. The predicted octanol–water partition coefficient (Wildman–Crippen LogP) is 3.67. The van der Waals surface area contributed by atoms with E-state index >= 15 is 0 Å². The summed E-state index contributed by atoms with van der Waals surface area (Å²) in [4.78, 5) is 17.6. The van der Waals surface area contributed by atoms with E-state index in [1.165, 1.54) is 17.0 Å². The molecule has 2 heterocycles. The maximum absolute atomic E-state index is 13.8. The molecule has 0 fully saturated rings. The number of hydrogen-bond acceptors (Lipinski definition) is 6. The third kappa shape index (κ3) is 4.39. The monoisotopic (exact) mass is 392 g/mol. The van der Waals surface area contributed by atoms with Crippen molar-refractivity contribution in [2.75, 3.05) is 12.8 Å². The van der Waals surface area contributed by atoms with Crippen LogP contribution in [0, 0.1) is 5.82 Å². The van der Waals surface area contributed by atoms with Crippen LogP contribution in [0.15, 0.2) is 52.4 Å². The van der Waals surface area contributed by atoms with E-state index in [-0.39, 0.29) is 34.0 Å². The molecule has 9 heteroatoms. The molecule has 0 saturated heterocycles. The molecule has 3 rings (SSSR count). The zero-order chi connectivity index (χ0) is 18.5. The number of thioether (sulfide) groups is 1. The second kappa shape index (κ2) is 8.29. The number of nitrogens with zero attached hydrogens (tertiary/aromatic N) is 4. The Kier molecular flexibility index (Phi) is 5.85. The highest BCUT2D eigenvalue weighted by Crippen LogP contribution is 2.24. The van der Waals surface area contributed by atoms with Gasteiger partial charge in [-0.2, -0.15) is 0 Å². The van der Waals surface area contributed by atoms with Gasteiger partial charge in [0.05, 0.1) is 5.75 Å². The van der Waals surface area contributed by atoms with Crippen LogP contribution < -0.4 is 0 Å². The standard InChI is InChI=1S/C17H14ClFN4O2S/c1-23(9-12-13(18)3-2-4-14(12)19)15(24)10-26-17-22-21-16(25-17)11-5-7-20-8-6-11/h2-8H,9-10H2,1H3. The molecule has 1 aromatic carbocycles. The van der Waals surface area contributed by atoms with Gasteiger partial charge >= 0.3 is 0 Å². The number of amides is 1. The number of aromatic nitrogens is 3. The molecule has 0 bridgehead atoms. The number of hydrogen-bond donors (Lipinski definition) is 0. The lowest BCUT2D eigenvalue weighted by Gasteiger charge is -2.17. The van der Waals surface area contributed by atoms with E-state index in [1.54, 1.807) is 37.6 Å². The first kappa shape index (κ1) is 18.3. The van der Waals surface area contributed by atoms with Gasteiger partial charge in [-0.15, -0.1) is 10.2 Å². The van der Waals surface area contributed by atoms with Crippen LogP contribution in [0.25, 0.3) is 11.5 Å². The Bertz CT molecular complexity index is 887. The van der Waals surface area contributed by atoms with Gasteiger partial charge in [-0.05, 0) is 24.3 Å². The van der Waals surface area contributed by atoms with Crippen molar-refractivity contribution < 1.29 is 13.6 Å². The summed E-state index contributed by atoms with van der Waals surface area (Å²) in [5, 5.41) is 8.42. The van der Waals surface area contributed by atoms with Crippen molar-refractivity contribution in [2.45, 2.75) is 11.8 Å². The number of benzene rings is 1. The first-order valence-electron chi connectivity index (χ1n) is 7.58. The van der Waals surface area contributed by atoms with Gasteiger partial charge in [0.25, 0.3) is 5.22 Å². The van der Waals surface area contributed by atoms with Gasteiger partial charge in [0.15, 0.2) is 0 Å². The minimum absolute atomic E-state index is 0.0804. The third-order valence-corrected chi connectivity index (χ3v) is 4.69. The van der Waals surface area contributed by atoms with E-state index in [0.29, 0.717) is 5.89 Å². The Labute approximate surface area is 158 Å². The number of pyridine rings is 1. The lowest BCUT2D eigenvalue weighted by atomic mass is 10.2. The molecule has 0 atom stereocenters. The second-order valence-corrected chi connectivity index (χ2v) is 6.68. The summed E-state index contributed by atoms with van der Waals surface area (Å²) in [5.74, 6) is -0.212. The average molecular weight is 393 g/mol. The van der Waals surface area contributed by atoms with E-state index in [1.807, 2.05) is 0 Å². The van der Waals surface area contributed by atoms with Crippen LogP contribution in [0.5, 0.6) is 0 Å². The van der Waals surface area contributed by atoms with Crippen molar-refractivity contribution in [3.8, 4) is 11.5 Å². The number of carbonyl (C=O) groups is 1. The fourth-order valence-corrected chi connectivity index (χ4v) is 3.05. The minimum Gasteiger partial charge on any atom is -0.411 e. The van der Waals surface area contributed by atoms with Gasteiger partial charge in [-0.3, -0.25) is 9.78 Å². The molecule has 0 radical (unpaired) electrons. The predicted molar refractivity (Wildman–Crippen MR) is 96.1 cm³/mol. The van der Waals surface area contributed by atoms with Crippen LogP contribution in [-0.2, 0) is 11.3 Å². The zero-order valence-corrected chi connectivity index (χ0v) is 15.3. The van der Waals surface area contributed by atoms with E-state index in [9.17, 15) is 9.18 Å². The molecule has 0 aliphatic rings. The Morgan fingerprint density at radius 1 is 1.27 bits per heavy atom. The van der Waals surface area contributed by atoms with Gasteiger partial charge in [0.2, 0.25) is 11.8 Å². The molecule has 26 heavy (non-hydrogen) atoms. The normalized spacial score (nSPS) is 10.7. The molecule has 0 saturated carbocycles. The molecular weight excluding hydrogens is 379 g/mol. The van der Waals surface area contributed by atoms with Gasteiger partial charge in [0, 0.05) is 42.1 Å². The van der Waals surface area contributed by atoms with Crippen LogP contribution in [0.4, 0.5) is 4.39 Å². The molecule has 0 aliphatic carbocycles. The molecule has 6 nitrogen and oxygen atoms in total. The molecule has 2 aromatic heterocycles. The Morgan fingerprint density at radius 3 is 2.77 bits per heavy atom. The van der Waals surface area contributed by atoms with Crippen LogP contribution in [-0.4, -0.2) is 38.8 Å². The number of halogens is 2. The third-order valence-electron chi connectivity index (χ3n) is 3.54. The molecule has 0 spiro atoms. The summed E-state index contributed by atoms with van der Waals surface area (Å²) < 4.78 is 19.3. The molecule has 0 N–H and O–H groups in total.